The number of nitrogens with one attached hydrogen (secondary N) is 2. The maximum Gasteiger partial charge on any atom is 0.286 e. The van der Waals surface area contributed by atoms with Gasteiger partial charge in [-0.25, -0.2) is 4.39 Å². The molecule has 172 valence electrons. The molecule has 4 rings (SSSR count). The topological polar surface area (TPSA) is 93.2 Å². The van der Waals surface area contributed by atoms with E-state index in [2.05, 4.69) is 20.8 Å². The third kappa shape index (κ3) is 6.15. The zero-order chi connectivity index (χ0) is 23.9. The summed E-state index contributed by atoms with van der Waals surface area (Å²) in [5, 5.41) is 14.6. The molecule has 1 heterocycles. The molecule has 0 unspecified atom stereocenters. The van der Waals surface area contributed by atoms with Crippen LogP contribution >= 0.6 is 22.9 Å². The van der Waals surface area contributed by atoms with Gasteiger partial charge in [0.05, 0.1) is 0 Å². The molecule has 3 aromatic carbocycles. The fraction of sp³-hybridized carbons (Fsp3) is 0.0833. The van der Waals surface area contributed by atoms with E-state index in [4.69, 9.17) is 16.3 Å². The lowest BCUT2D eigenvalue weighted by Crippen LogP contribution is -2.23. The molecule has 0 aliphatic carbocycles. The van der Waals surface area contributed by atoms with Crippen LogP contribution in [0.3, 0.4) is 0 Å². The molecule has 0 spiro atoms. The molecule has 0 saturated heterocycles. The summed E-state index contributed by atoms with van der Waals surface area (Å²) in [5.41, 5.74) is 1.63. The van der Waals surface area contributed by atoms with Gasteiger partial charge in [0.1, 0.15) is 18.2 Å². The predicted molar refractivity (Wildman–Crippen MR) is 128 cm³/mol. The van der Waals surface area contributed by atoms with Crippen molar-refractivity contribution in [2.45, 2.75) is 13.2 Å². The van der Waals surface area contributed by atoms with Crippen LogP contribution in [-0.4, -0.2) is 22.0 Å². The first-order valence-electron chi connectivity index (χ1n) is 10.1. The first-order valence-corrected chi connectivity index (χ1v) is 11.3. The Morgan fingerprint density at radius 2 is 1.76 bits per heavy atom. The minimum Gasteiger partial charge on any atom is -0.486 e. The lowest BCUT2D eigenvalue weighted by Gasteiger charge is -2.08. The molecule has 34 heavy (non-hydrogen) atoms. The summed E-state index contributed by atoms with van der Waals surface area (Å²) >= 11 is 7.20. The first kappa shape index (κ1) is 23.3. The molecule has 0 saturated carbocycles. The van der Waals surface area contributed by atoms with Gasteiger partial charge in [0, 0.05) is 22.8 Å². The number of halogens is 2. The van der Waals surface area contributed by atoms with Crippen LogP contribution in [0.2, 0.25) is 5.02 Å². The van der Waals surface area contributed by atoms with E-state index in [9.17, 15) is 14.0 Å². The van der Waals surface area contributed by atoms with Gasteiger partial charge in [-0.15, -0.1) is 10.2 Å². The van der Waals surface area contributed by atoms with Gasteiger partial charge >= 0.3 is 0 Å². The predicted octanol–water partition coefficient (Wildman–Crippen LogP) is 5.09. The van der Waals surface area contributed by atoms with Crippen molar-refractivity contribution in [3.63, 3.8) is 0 Å². The van der Waals surface area contributed by atoms with Crippen LogP contribution in [-0.2, 0) is 13.2 Å². The zero-order valence-electron chi connectivity index (χ0n) is 17.6. The molecule has 0 fully saturated rings. The Bertz CT molecular complexity index is 1310. The Morgan fingerprint density at radius 3 is 2.56 bits per heavy atom. The third-order valence-electron chi connectivity index (χ3n) is 4.62. The number of benzene rings is 3. The number of rotatable bonds is 8. The molecule has 0 radical (unpaired) electrons. The van der Waals surface area contributed by atoms with Gasteiger partial charge in [-0.1, -0.05) is 47.2 Å². The summed E-state index contributed by atoms with van der Waals surface area (Å²) in [6, 6.07) is 19.4. The lowest BCUT2D eigenvalue weighted by molar-refractivity contribution is 0.0949. The summed E-state index contributed by atoms with van der Waals surface area (Å²) in [6.45, 7) is 0.375. The molecule has 0 aliphatic heterocycles. The molecule has 2 amide bonds. The number of ether oxygens (including phenoxy) is 1. The molecular formula is C24H18ClFN4O3S. The maximum atomic E-state index is 13.0. The number of amides is 2. The summed E-state index contributed by atoms with van der Waals surface area (Å²) in [6.07, 6.45) is 0. The summed E-state index contributed by atoms with van der Waals surface area (Å²) in [7, 11) is 0. The molecule has 0 bridgehead atoms. The average molecular weight is 497 g/mol. The molecule has 0 atom stereocenters. The smallest absolute Gasteiger partial charge is 0.286 e. The fourth-order valence-electron chi connectivity index (χ4n) is 2.92. The Hall–Kier alpha value is -3.82. The van der Waals surface area contributed by atoms with Crippen LogP contribution < -0.4 is 15.4 Å². The Morgan fingerprint density at radius 1 is 0.971 bits per heavy atom. The minimum absolute atomic E-state index is 0.0949. The van der Waals surface area contributed by atoms with E-state index in [1.54, 1.807) is 30.3 Å². The highest BCUT2D eigenvalue weighted by Gasteiger charge is 2.15. The third-order valence-corrected chi connectivity index (χ3v) is 5.88. The number of carbonyl (C=O) groups is 2. The highest BCUT2D eigenvalue weighted by molar-refractivity contribution is 7.13. The standard InChI is InChI=1S/C24H18ClFN4O3S/c25-20-7-2-1-4-16(20)13-27-22(31)15-5-3-6-18(12-15)28-23(32)24-30-29-21(34-24)14-33-19-10-8-17(26)9-11-19/h1-12H,13-14H2,(H,27,31)(H,28,32). The van der Waals surface area contributed by atoms with Crippen molar-refractivity contribution in [3.8, 4) is 5.75 Å². The molecule has 10 heteroatoms. The van der Waals surface area contributed by atoms with Gasteiger partial charge in [0.25, 0.3) is 11.8 Å². The molecule has 0 aliphatic rings. The van der Waals surface area contributed by atoms with Crippen molar-refractivity contribution in [1.29, 1.82) is 0 Å². The molecular weight excluding hydrogens is 479 g/mol. The van der Waals surface area contributed by atoms with E-state index in [1.165, 1.54) is 24.3 Å². The number of aromatic nitrogens is 2. The molecule has 4 aromatic rings. The van der Waals surface area contributed by atoms with Crippen molar-refractivity contribution in [3.05, 3.63) is 105 Å². The number of carbonyl (C=O) groups excluding carboxylic acids is 2. The van der Waals surface area contributed by atoms with Crippen molar-refractivity contribution < 1.29 is 18.7 Å². The maximum absolute atomic E-state index is 13.0. The molecule has 2 N–H and O–H groups in total. The largest absolute Gasteiger partial charge is 0.486 e. The van der Waals surface area contributed by atoms with E-state index < -0.39 is 5.91 Å². The number of anilines is 1. The van der Waals surface area contributed by atoms with E-state index in [0.717, 1.165) is 16.9 Å². The van der Waals surface area contributed by atoms with Crippen molar-refractivity contribution in [1.82, 2.24) is 15.5 Å². The van der Waals surface area contributed by atoms with Gasteiger partial charge in [0.2, 0.25) is 5.01 Å². The van der Waals surface area contributed by atoms with E-state index in [0.29, 0.717) is 27.0 Å². The van der Waals surface area contributed by atoms with E-state index >= 15 is 0 Å². The molecule has 1 aromatic heterocycles. The van der Waals surface area contributed by atoms with E-state index in [-0.39, 0.29) is 29.9 Å². The van der Waals surface area contributed by atoms with Gasteiger partial charge in [-0.3, -0.25) is 9.59 Å². The van der Waals surface area contributed by atoms with Crippen LogP contribution in [0.4, 0.5) is 10.1 Å². The Balaban J connectivity index is 1.33. The van der Waals surface area contributed by atoms with Crippen LogP contribution in [0.5, 0.6) is 5.75 Å². The number of nitrogens with zero attached hydrogens (tertiary/aromatic N) is 2. The van der Waals surface area contributed by atoms with Crippen LogP contribution in [0.15, 0.2) is 72.8 Å². The number of hydrogen-bond acceptors (Lipinski definition) is 6. The van der Waals surface area contributed by atoms with Gasteiger partial charge in [-0.05, 0) is 54.1 Å². The monoisotopic (exact) mass is 496 g/mol. The van der Waals surface area contributed by atoms with Crippen molar-refractivity contribution in [2.75, 3.05) is 5.32 Å². The normalized spacial score (nSPS) is 10.5. The van der Waals surface area contributed by atoms with Crippen LogP contribution in [0, 0.1) is 5.82 Å². The first-order chi connectivity index (χ1) is 16.5. The second-order valence-electron chi connectivity index (χ2n) is 7.05. The second kappa shape index (κ2) is 10.9. The highest BCUT2D eigenvalue weighted by atomic mass is 35.5. The summed E-state index contributed by atoms with van der Waals surface area (Å²) in [5.74, 6) is -0.636. The summed E-state index contributed by atoms with van der Waals surface area (Å²) < 4.78 is 18.5. The minimum atomic E-state index is -0.459. The van der Waals surface area contributed by atoms with Gasteiger partial charge in [-0.2, -0.15) is 0 Å². The summed E-state index contributed by atoms with van der Waals surface area (Å²) in [4.78, 5) is 25.1. The van der Waals surface area contributed by atoms with Crippen molar-refractivity contribution in [2.24, 2.45) is 0 Å². The average Bonchev–Trinajstić information content (AvgIpc) is 3.32. The zero-order valence-corrected chi connectivity index (χ0v) is 19.2. The highest BCUT2D eigenvalue weighted by Crippen LogP contribution is 2.18. The Kier molecular flexibility index (Phi) is 7.46. The fourth-order valence-corrected chi connectivity index (χ4v) is 3.77. The van der Waals surface area contributed by atoms with Crippen molar-refractivity contribution >= 4 is 40.4 Å². The number of hydrogen-bond donors (Lipinski definition) is 2. The Labute approximate surface area is 203 Å². The van der Waals surface area contributed by atoms with Crippen LogP contribution in [0.1, 0.15) is 30.7 Å². The lowest BCUT2D eigenvalue weighted by atomic mass is 10.1. The van der Waals surface area contributed by atoms with E-state index in [1.807, 2.05) is 18.2 Å². The van der Waals surface area contributed by atoms with Crippen LogP contribution in [0.25, 0.3) is 0 Å². The van der Waals surface area contributed by atoms with Gasteiger partial charge in [0.15, 0.2) is 5.01 Å². The van der Waals surface area contributed by atoms with Gasteiger partial charge < -0.3 is 15.4 Å². The molecule has 7 nitrogen and oxygen atoms in total. The SMILES string of the molecule is O=C(NCc1ccccc1Cl)c1cccc(NC(=O)c2nnc(COc3ccc(F)cc3)s2)c1. The second-order valence-corrected chi connectivity index (χ2v) is 8.52. The quantitative estimate of drug-likeness (QED) is 0.354.